The summed E-state index contributed by atoms with van der Waals surface area (Å²) in [6.45, 7) is 11.0. The molecular formula is C12H23N3S. The standard InChI is InChI=1S/C12H23N3S/c1-9-7-11(15(6)14-9)13-10(2)8-16-12(3,4)5/h7,10,13H,8H2,1-6H3. The van der Waals surface area contributed by atoms with E-state index < -0.39 is 0 Å². The molecule has 0 aliphatic rings. The van der Waals surface area contributed by atoms with Gasteiger partial charge in [-0.3, -0.25) is 4.68 Å². The molecular weight excluding hydrogens is 218 g/mol. The van der Waals surface area contributed by atoms with Gasteiger partial charge in [-0.05, 0) is 13.8 Å². The molecule has 1 rings (SSSR count). The molecule has 1 aromatic heterocycles. The summed E-state index contributed by atoms with van der Waals surface area (Å²) in [5.41, 5.74) is 1.06. The van der Waals surface area contributed by atoms with Crippen LogP contribution in [-0.4, -0.2) is 26.3 Å². The molecule has 16 heavy (non-hydrogen) atoms. The Hall–Kier alpha value is -0.640. The zero-order valence-electron chi connectivity index (χ0n) is 11.2. The minimum Gasteiger partial charge on any atom is -0.367 e. The van der Waals surface area contributed by atoms with Gasteiger partial charge in [-0.15, -0.1) is 0 Å². The van der Waals surface area contributed by atoms with Crippen molar-refractivity contribution in [3.63, 3.8) is 0 Å². The molecule has 0 saturated carbocycles. The fourth-order valence-corrected chi connectivity index (χ4v) is 2.25. The van der Waals surface area contributed by atoms with Crippen LogP contribution in [0.4, 0.5) is 5.82 Å². The number of rotatable bonds is 4. The van der Waals surface area contributed by atoms with Crippen LogP contribution >= 0.6 is 11.8 Å². The Labute approximate surface area is 103 Å². The summed E-state index contributed by atoms with van der Waals surface area (Å²) in [4.78, 5) is 0. The SMILES string of the molecule is Cc1cc(NC(C)CSC(C)(C)C)n(C)n1. The Bertz CT molecular complexity index is 339. The van der Waals surface area contributed by atoms with E-state index in [1.165, 1.54) is 0 Å². The summed E-state index contributed by atoms with van der Waals surface area (Å²) < 4.78 is 2.23. The van der Waals surface area contributed by atoms with E-state index in [9.17, 15) is 0 Å². The maximum Gasteiger partial charge on any atom is 0.124 e. The van der Waals surface area contributed by atoms with E-state index in [0.717, 1.165) is 17.3 Å². The Morgan fingerprint density at radius 3 is 2.56 bits per heavy atom. The predicted molar refractivity (Wildman–Crippen MR) is 73.2 cm³/mol. The maximum atomic E-state index is 4.32. The first-order valence-corrected chi connectivity index (χ1v) is 6.67. The smallest absolute Gasteiger partial charge is 0.124 e. The summed E-state index contributed by atoms with van der Waals surface area (Å²) in [7, 11) is 1.97. The van der Waals surface area contributed by atoms with Crippen molar-refractivity contribution in [1.29, 1.82) is 0 Å². The lowest BCUT2D eigenvalue weighted by atomic mass is 10.3. The van der Waals surface area contributed by atoms with Crippen LogP contribution in [0.2, 0.25) is 0 Å². The summed E-state index contributed by atoms with van der Waals surface area (Å²) in [6, 6.07) is 2.54. The van der Waals surface area contributed by atoms with Crippen LogP contribution in [0.25, 0.3) is 0 Å². The third-order valence-corrected chi connectivity index (χ3v) is 3.70. The molecule has 0 amide bonds. The van der Waals surface area contributed by atoms with Gasteiger partial charge >= 0.3 is 0 Å². The van der Waals surface area contributed by atoms with Gasteiger partial charge in [0.2, 0.25) is 0 Å². The first-order valence-electron chi connectivity index (χ1n) is 5.69. The molecule has 0 fully saturated rings. The fourth-order valence-electron chi connectivity index (χ4n) is 1.41. The highest BCUT2D eigenvalue weighted by Gasteiger charge is 2.13. The molecule has 1 unspecified atom stereocenters. The third kappa shape index (κ3) is 4.47. The average molecular weight is 241 g/mol. The molecule has 1 aromatic rings. The van der Waals surface area contributed by atoms with Crippen LogP contribution in [-0.2, 0) is 7.05 Å². The van der Waals surface area contributed by atoms with E-state index in [1.807, 2.05) is 30.4 Å². The lowest BCUT2D eigenvalue weighted by Crippen LogP contribution is -2.22. The second-order valence-electron chi connectivity index (χ2n) is 5.26. The van der Waals surface area contributed by atoms with Gasteiger partial charge in [0.15, 0.2) is 0 Å². The summed E-state index contributed by atoms with van der Waals surface area (Å²) >= 11 is 1.98. The molecule has 1 heterocycles. The zero-order chi connectivity index (χ0) is 12.3. The van der Waals surface area contributed by atoms with Gasteiger partial charge in [0.05, 0.1) is 5.69 Å². The second-order valence-corrected chi connectivity index (χ2v) is 7.11. The summed E-state index contributed by atoms with van der Waals surface area (Å²) in [5, 5.41) is 7.80. The molecule has 0 aliphatic carbocycles. The minimum atomic E-state index is 0.332. The Balaban J connectivity index is 2.45. The maximum absolute atomic E-state index is 4.32. The van der Waals surface area contributed by atoms with Crippen molar-refractivity contribution in [2.45, 2.75) is 45.4 Å². The van der Waals surface area contributed by atoms with Crippen molar-refractivity contribution in [3.8, 4) is 0 Å². The van der Waals surface area contributed by atoms with Gasteiger partial charge in [0, 0.05) is 29.7 Å². The highest BCUT2D eigenvalue weighted by atomic mass is 32.2. The van der Waals surface area contributed by atoms with Crippen molar-refractivity contribution < 1.29 is 0 Å². The molecule has 92 valence electrons. The molecule has 0 bridgehead atoms. The third-order valence-electron chi connectivity index (χ3n) is 2.16. The van der Waals surface area contributed by atoms with Crippen molar-refractivity contribution in [3.05, 3.63) is 11.8 Å². The van der Waals surface area contributed by atoms with E-state index in [2.05, 4.69) is 44.2 Å². The normalized spacial score (nSPS) is 13.9. The summed E-state index contributed by atoms with van der Waals surface area (Å²) in [5.74, 6) is 2.20. The Morgan fingerprint density at radius 2 is 2.12 bits per heavy atom. The number of aryl methyl sites for hydroxylation is 2. The lowest BCUT2D eigenvalue weighted by Gasteiger charge is -2.21. The predicted octanol–water partition coefficient (Wildman–Crippen LogP) is 3.06. The average Bonchev–Trinajstić information content (AvgIpc) is 2.41. The molecule has 1 N–H and O–H groups in total. The van der Waals surface area contributed by atoms with Crippen molar-refractivity contribution in [2.75, 3.05) is 11.1 Å². The second kappa shape index (κ2) is 5.13. The van der Waals surface area contributed by atoms with Crippen molar-refractivity contribution in [2.24, 2.45) is 7.05 Å². The highest BCUT2D eigenvalue weighted by molar-refractivity contribution is 8.00. The molecule has 0 radical (unpaired) electrons. The van der Waals surface area contributed by atoms with Crippen LogP contribution in [0.1, 0.15) is 33.4 Å². The zero-order valence-corrected chi connectivity index (χ0v) is 12.0. The topological polar surface area (TPSA) is 29.9 Å². The molecule has 0 saturated heterocycles. The molecule has 0 spiro atoms. The van der Waals surface area contributed by atoms with Crippen LogP contribution < -0.4 is 5.32 Å². The van der Waals surface area contributed by atoms with Crippen LogP contribution in [0.15, 0.2) is 6.07 Å². The van der Waals surface area contributed by atoms with Gasteiger partial charge < -0.3 is 5.32 Å². The number of anilines is 1. The van der Waals surface area contributed by atoms with Gasteiger partial charge in [-0.25, -0.2) is 0 Å². The quantitative estimate of drug-likeness (QED) is 0.878. The van der Waals surface area contributed by atoms with E-state index >= 15 is 0 Å². The number of hydrogen-bond acceptors (Lipinski definition) is 3. The highest BCUT2D eigenvalue weighted by Crippen LogP contribution is 2.24. The van der Waals surface area contributed by atoms with Gasteiger partial charge in [0.1, 0.15) is 5.82 Å². The van der Waals surface area contributed by atoms with E-state index in [1.54, 1.807) is 0 Å². The van der Waals surface area contributed by atoms with Gasteiger partial charge in [-0.2, -0.15) is 16.9 Å². The van der Waals surface area contributed by atoms with Crippen molar-refractivity contribution >= 4 is 17.6 Å². The first-order chi connectivity index (χ1) is 7.28. The number of nitrogens with zero attached hydrogens (tertiary/aromatic N) is 2. The first kappa shape index (κ1) is 13.4. The largest absolute Gasteiger partial charge is 0.367 e. The summed E-state index contributed by atoms with van der Waals surface area (Å²) in [6.07, 6.45) is 0. The molecule has 4 heteroatoms. The molecule has 1 atom stereocenters. The van der Waals surface area contributed by atoms with Gasteiger partial charge in [0.25, 0.3) is 0 Å². The number of nitrogens with one attached hydrogen (secondary N) is 1. The number of hydrogen-bond donors (Lipinski definition) is 1. The van der Waals surface area contributed by atoms with Crippen LogP contribution in [0, 0.1) is 6.92 Å². The van der Waals surface area contributed by atoms with Crippen LogP contribution in [0.5, 0.6) is 0 Å². The van der Waals surface area contributed by atoms with Crippen LogP contribution in [0.3, 0.4) is 0 Å². The van der Waals surface area contributed by atoms with E-state index in [-0.39, 0.29) is 0 Å². The number of aromatic nitrogens is 2. The number of thioether (sulfide) groups is 1. The Kier molecular flexibility index (Phi) is 4.30. The molecule has 0 aliphatic heterocycles. The Morgan fingerprint density at radius 1 is 1.50 bits per heavy atom. The fraction of sp³-hybridized carbons (Fsp3) is 0.750. The van der Waals surface area contributed by atoms with Crippen molar-refractivity contribution in [1.82, 2.24) is 9.78 Å². The minimum absolute atomic E-state index is 0.332. The lowest BCUT2D eigenvalue weighted by molar-refractivity contribution is 0.744. The monoisotopic (exact) mass is 241 g/mol. The van der Waals surface area contributed by atoms with E-state index in [4.69, 9.17) is 0 Å². The van der Waals surface area contributed by atoms with Gasteiger partial charge in [-0.1, -0.05) is 20.8 Å². The molecule has 0 aromatic carbocycles. The molecule has 3 nitrogen and oxygen atoms in total. The van der Waals surface area contributed by atoms with E-state index in [0.29, 0.717) is 10.8 Å².